The average molecular weight is 419 g/mol. The van der Waals surface area contributed by atoms with Gasteiger partial charge in [-0.3, -0.25) is 4.79 Å². The zero-order valence-electron chi connectivity index (χ0n) is 15.6. The summed E-state index contributed by atoms with van der Waals surface area (Å²) in [6.45, 7) is 2.25. The molecule has 3 rings (SSSR count). The minimum absolute atomic E-state index is 0.0488. The standard InChI is InChI=1S/C21H20ClFN2O2S/c1-14(15-3-7-17(23)8-4-15)25(2)21(26)11-18-13-28-20(24-18)12-27-19-9-5-16(22)6-10-19/h3-10,13-14H,11-12H2,1-2H3/t14-/m0/s1. The maximum Gasteiger partial charge on any atom is 0.228 e. The molecule has 0 spiro atoms. The lowest BCUT2D eigenvalue weighted by Crippen LogP contribution is -2.31. The Morgan fingerprint density at radius 1 is 1.21 bits per heavy atom. The lowest BCUT2D eigenvalue weighted by atomic mass is 10.1. The zero-order chi connectivity index (χ0) is 20.1. The zero-order valence-corrected chi connectivity index (χ0v) is 17.1. The van der Waals surface area contributed by atoms with Crippen molar-refractivity contribution in [2.75, 3.05) is 7.05 Å². The maximum absolute atomic E-state index is 13.1. The molecule has 1 aromatic heterocycles. The van der Waals surface area contributed by atoms with Crippen molar-refractivity contribution in [3.8, 4) is 5.75 Å². The van der Waals surface area contributed by atoms with Crippen LogP contribution in [0.3, 0.4) is 0 Å². The molecule has 146 valence electrons. The monoisotopic (exact) mass is 418 g/mol. The van der Waals surface area contributed by atoms with Gasteiger partial charge in [0, 0.05) is 17.5 Å². The molecule has 0 aliphatic carbocycles. The molecule has 4 nitrogen and oxygen atoms in total. The van der Waals surface area contributed by atoms with Crippen molar-refractivity contribution in [2.24, 2.45) is 0 Å². The molecule has 0 aliphatic heterocycles. The fraction of sp³-hybridized carbons (Fsp3) is 0.238. The van der Waals surface area contributed by atoms with Gasteiger partial charge in [0.15, 0.2) is 0 Å². The average Bonchev–Trinajstić information content (AvgIpc) is 3.14. The Labute approximate surface area is 172 Å². The molecular weight excluding hydrogens is 399 g/mol. The summed E-state index contributed by atoms with van der Waals surface area (Å²) in [4.78, 5) is 18.7. The minimum atomic E-state index is -0.291. The molecule has 0 fully saturated rings. The first-order valence-corrected chi connectivity index (χ1v) is 10.0. The molecule has 0 radical (unpaired) electrons. The highest BCUT2D eigenvalue weighted by molar-refractivity contribution is 7.09. The van der Waals surface area contributed by atoms with E-state index in [2.05, 4.69) is 4.98 Å². The number of ether oxygens (including phenoxy) is 1. The normalized spacial score (nSPS) is 11.9. The van der Waals surface area contributed by atoms with E-state index in [9.17, 15) is 9.18 Å². The number of thiazole rings is 1. The summed E-state index contributed by atoms with van der Waals surface area (Å²) in [7, 11) is 1.74. The van der Waals surface area contributed by atoms with Crippen LogP contribution in [0.5, 0.6) is 5.75 Å². The quantitative estimate of drug-likeness (QED) is 0.524. The van der Waals surface area contributed by atoms with E-state index in [1.807, 2.05) is 12.3 Å². The number of benzene rings is 2. The van der Waals surface area contributed by atoms with Crippen LogP contribution < -0.4 is 4.74 Å². The Bertz CT molecular complexity index is 928. The molecule has 0 saturated carbocycles. The van der Waals surface area contributed by atoms with Gasteiger partial charge < -0.3 is 9.64 Å². The number of nitrogens with zero attached hydrogens (tertiary/aromatic N) is 2. The largest absolute Gasteiger partial charge is 0.486 e. The van der Waals surface area contributed by atoms with Gasteiger partial charge in [-0.2, -0.15) is 0 Å². The second kappa shape index (κ2) is 9.17. The van der Waals surface area contributed by atoms with Crippen molar-refractivity contribution >= 4 is 28.8 Å². The van der Waals surface area contributed by atoms with Gasteiger partial charge in [0.1, 0.15) is 23.2 Å². The van der Waals surface area contributed by atoms with E-state index in [0.29, 0.717) is 23.1 Å². The van der Waals surface area contributed by atoms with Crippen molar-refractivity contribution in [2.45, 2.75) is 26.0 Å². The van der Waals surface area contributed by atoms with Crippen molar-refractivity contribution in [3.63, 3.8) is 0 Å². The fourth-order valence-corrected chi connectivity index (χ4v) is 3.46. The summed E-state index contributed by atoms with van der Waals surface area (Å²) < 4.78 is 18.8. The molecule has 0 N–H and O–H groups in total. The molecule has 3 aromatic rings. The van der Waals surface area contributed by atoms with Crippen LogP contribution in [-0.4, -0.2) is 22.8 Å². The number of halogens is 2. The fourth-order valence-electron chi connectivity index (χ4n) is 2.63. The van der Waals surface area contributed by atoms with Crippen LogP contribution in [0, 0.1) is 5.82 Å². The van der Waals surface area contributed by atoms with Crippen LogP contribution in [-0.2, 0) is 17.8 Å². The van der Waals surface area contributed by atoms with Gasteiger partial charge in [-0.05, 0) is 48.9 Å². The summed E-state index contributed by atoms with van der Waals surface area (Å²) in [5.41, 5.74) is 1.59. The van der Waals surface area contributed by atoms with Crippen molar-refractivity contribution in [1.29, 1.82) is 0 Å². The highest BCUT2D eigenvalue weighted by atomic mass is 35.5. The molecule has 1 amide bonds. The van der Waals surface area contributed by atoms with E-state index in [1.165, 1.54) is 23.5 Å². The van der Waals surface area contributed by atoms with E-state index in [4.69, 9.17) is 16.3 Å². The van der Waals surface area contributed by atoms with Crippen LogP contribution in [0.15, 0.2) is 53.9 Å². The number of likely N-dealkylation sites (N-methyl/N-ethyl adjacent to an activating group) is 1. The van der Waals surface area contributed by atoms with E-state index in [-0.39, 0.29) is 24.2 Å². The van der Waals surface area contributed by atoms with Gasteiger partial charge in [0.2, 0.25) is 5.91 Å². The first-order valence-electron chi connectivity index (χ1n) is 8.75. The Hall–Kier alpha value is -2.44. The number of amides is 1. The molecule has 0 saturated heterocycles. The van der Waals surface area contributed by atoms with Crippen LogP contribution in [0.2, 0.25) is 5.02 Å². The van der Waals surface area contributed by atoms with E-state index in [0.717, 1.165) is 10.6 Å². The lowest BCUT2D eigenvalue weighted by molar-refractivity contribution is -0.131. The van der Waals surface area contributed by atoms with Crippen LogP contribution in [0.4, 0.5) is 4.39 Å². The summed E-state index contributed by atoms with van der Waals surface area (Å²) in [5, 5.41) is 3.32. The molecule has 0 aliphatic rings. The van der Waals surface area contributed by atoms with Gasteiger partial charge in [0.25, 0.3) is 0 Å². The van der Waals surface area contributed by atoms with E-state index in [1.54, 1.807) is 48.3 Å². The molecule has 1 atom stereocenters. The first kappa shape index (κ1) is 20.3. The Morgan fingerprint density at radius 2 is 1.89 bits per heavy atom. The summed E-state index contributed by atoms with van der Waals surface area (Å²) in [5.74, 6) is 0.373. The second-order valence-electron chi connectivity index (χ2n) is 6.38. The summed E-state index contributed by atoms with van der Waals surface area (Å²) in [6, 6.07) is 13.2. The Kier molecular flexibility index (Phi) is 6.65. The molecule has 28 heavy (non-hydrogen) atoms. The van der Waals surface area contributed by atoms with Gasteiger partial charge in [0.05, 0.1) is 18.2 Å². The van der Waals surface area contributed by atoms with Gasteiger partial charge in [-0.15, -0.1) is 11.3 Å². The predicted molar refractivity (Wildman–Crippen MR) is 109 cm³/mol. The predicted octanol–water partition coefficient (Wildman–Crippen LogP) is 5.28. The number of carbonyl (C=O) groups is 1. The number of aromatic nitrogens is 1. The third-order valence-electron chi connectivity index (χ3n) is 4.43. The SMILES string of the molecule is C[C@@H](c1ccc(F)cc1)N(C)C(=O)Cc1csc(COc2ccc(Cl)cc2)n1. The first-order chi connectivity index (χ1) is 13.4. The van der Waals surface area contributed by atoms with E-state index >= 15 is 0 Å². The molecule has 0 bridgehead atoms. The highest BCUT2D eigenvalue weighted by Gasteiger charge is 2.19. The number of hydrogen-bond donors (Lipinski definition) is 0. The van der Waals surface area contributed by atoms with E-state index < -0.39 is 0 Å². The summed E-state index contributed by atoms with van der Waals surface area (Å²) >= 11 is 7.31. The lowest BCUT2D eigenvalue weighted by Gasteiger charge is -2.25. The van der Waals surface area contributed by atoms with Crippen LogP contribution in [0.1, 0.15) is 29.2 Å². The number of rotatable bonds is 7. The molecular formula is C21H20ClFN2O2S. The molecule has 2 aromatic carbocycles. The Morgan fingerprint density at radius 3 is 2.57 bits per heavy atom. The molecule has 7 heteroatoms. The molecule has 1 heterocycles. The Balaban J connectivity index is 1.55. The number of hydrogen-bond acceptors (Lipinski definition) is 4. The smallest absolute Gasteiger partial charge is 0.228 e. The van der Waals surface area contributed by atoms with Gasteiger partial charge >= 0.3 is 0 Å². The van der Waals surface area contributed by atoms with Gasteiger partial charge in [-0.25, -0.2) is 9.37 Å². The summed E-state index contributed by atoms with van der Waals surface area (Å²) in [6.07, 6.45) is 0.208. The molecule has 0 unspecified atom stereocenters. The third-order valence-corrected chi connectivity index (χ3v) is 5.56. The minimum Gasteiger partial charge on any atom is -0.486 e. The third kappa shape index (κ3) is 5.30. The van der Waals surface area contributed by atoms with Gasteiger partial charge in [-0.1, -0.05) is 23.7 Å². The van der Waals surface area contributed by atoms with Crippen molar-refractivity contribution in [3.05, 3.63) is 81.0 Å². The highest BCUT2D eigenvalue weighted by Crippen LogP contribution is 2.21. The van der Waals surface area contributed by atoms with Crippen LogP contribution >= 0.6 is 22.9 Å². The van der Waals surface area contributed by atoms with Crippen molar-refractivity contribution in [1.82, 2.24) is 9.88 Å². The second-order valence-corrected chi connectivity index (χ2v) is 7.76. The topological polar surface area (TPSA) is 42.4 Å². The maximum atomic E-state index is 13.1. The van der Waals surface area contributed by atoms with Crippen molar-refractivity contribution < 1.29 is 13.9 Å². The van der Waals surface area contributed by atoms with Crippen LogP contribution in [0.25, 0.3) is 0 Å². The number of carbonyl (C=O) groups excluding carboxylic acids is 1.